The minimum Gasteiger partial charge on any atom is -0.481 e. The molecule has 0 aliphatic heterocycles. The zero-order valence-electron chi connectivity index (χ0n) is 6.90. The Morgan fingerprint density at radius 2 is 2.38 bits per heavy atom. The van der Waals surface area contributed by atoms with Gasteiger partial charge in [-0.2, -0.15) is 5.10 Å². The first kappa shape index (κ1) is 8.25. The number of aliphatic hydroxyl groups excluding tert-OH is 1. The molecule has 1 aliphatic rings. The molecule has 1 heterocycles. The molecule has 3 N–H and O–H groups in total. The smallest absolute Gasteiger partial charge is 0.314 e. The van der Waals surface area contributed by atoms with Gasteiger partial charge in [-0.3, -0.25) is 9.89 Å². The van der Waals surface area contributed by atoms with Gasteiger partial charge >= 0.3 is 5.97 Å². The Morgan fingerprint density at radius 1 is 1.69 bits per heavy atom. The van der Waals surface area contributed by atoms with Crippen LogP contribution in [0.4, 0.5) is 0 Å². The third-order valence-corrected chi connectivity index (χ3v) is 2.63. The van der Waals surface area contributed by atoms with Crippen LogP contribution in [0.5, 0.6) is 0 Å². The molecule has 1 aliphatic carbocycles. The summed E-state index contributed by atoms with van der Waals surface area (Å²) in [6.07, 6.45) is 3.13. The summed E-state index contributed by atoms with van der Waals surface area (Å²) in [4.78, 5) is 11.0. The van der Waals surface area contributed by atoms with Crippen LogP contribution >= 0.6 is 0 Å². The van der Waals surface area contributed by atoms with Gasteiger partial charge in [-0.05, 0) is 12.8 Å². The number of rotatable bonds is 2. The van der Waals surface area contributed by atoms with E-state index in [9.17, 15) is 4.79 Å². The van der Waals surface area contributed by atoms with Crippen LogP contribution in [0.2, 0.25) is 0 Å². The quantitative estimate of drug-likeness (QED) is 0.595. The molecule has 0 aromatic carbocycles. The summed E-state index contributed by atoms with van der Waals surface area (Å²) >= 11 is 0. The van der Waals surface area contributed by atoms with E-state index in [4.69, 9.17) is 10.2 Å². The molecule has 1 aromatic heterocycles. The predicted molar refractivity (Wildman–Crippen MR) is 43.1 cm³/mol. The molecule has 0 unspecified atom stereocenters. The summed E-state index contributed by atoms with van der Waals surface area (Å²) in [5, 5.41) is 24.4. The maximum absolute atomic E-state index is 11.0. The Balaban J connectivity index is 2.31. The topological polar surface area (TPSA) is 86.2 Å². The number of aliphatic carboxylic acids is 1. The highest BCUT2D eigenvalue weighted by Crippen LogP contribution is 2.43. The van der Waals surface area contributed by atoms with Crippen molar-refractivity contribution in [1.29, 1.82) is 0 Å². The fraction of sp³-hybridized carbons (Fsp3) is 0.500. The highest BCUT2D eigenvalue weighted by Gasteiger charge is 2.51. The van der Waals surface area contributed by atoms with E-state index in [-0.39, 0.29) is 12.8 Å². The van der Waals surface area contributed by atoms with Crippen LogP contribution in [0.25, 0.3) is 0 Å². The van der Waals surface area contributed by atoms with Crippen LogP contribution < -0.4 is 0 Å². The molecule has 5 nitrogen and oxygen atoms in total. The monoisotopic (exact) mass is 182 g/mol. The highest BCUT2D eigenvalue weighted by molar-refractivity contribution is 5.82. The second-order valence-electron chi connectivity index (χ2n) is 3.44. The average Bonchev–Trinajstić information content (AvgIpc) is 2.49. The minimum absolute atomic E-state index is 0.280. The number of H-pyrrole nitrogens is 1. The molecular formula is C8H10N2O3. The van der Waals surface area contributed by atoms with E-state index in [1.54, 1.807) is 6.20 Å². The fourth-order valence-corrected chi connectivity index (χ4v) is 1.79. The van der Waals surface area contributed by atoms with Crippen molar-refractivity contribution >= 4 is 5.97 Å². The van der Waals surface area contributed by atoms with Crippen molar-refractivity contribution in [1.82, 2.24) is 10.2 Å². The SMILES string of the molecule is O=C(O)C1(c2cn[nH]c2)CC(O)C1. The average molecular weight is 182 g/mol. The molecule has 2 rings (SSSR count). The molecule has 70 valence electrons. The van der Waals surface area contributed by atoms with Gasteiger partial charge in [0, 0.05) is 11.8 Å². The molecule has 5 heteroatoms. The van der Waals surface area contributed by atoms with Gasteiger partial charge in [0.1, 0.15) is 5.41 Å². The third-order valence-electron chi connectivity index (χ3n) is 2.63. The number of carboxylic acids is 1. The lowest BCUT2D eigenvalue weighted by atomic mass is 9.63. The fourth-order valence-electron chi connectivity index (χ4n) is 1.79. The van der Waals surface area contributed by atoms with E-state index in [2.05, 4.69) is 10.2 Å². The zero-order chi connectivity index (χ0) is 9.47. The van der Waals surface area contributed by atoms with Crippen LogP contribution in [0.3, 0.4) is 0 Å². The van der Waals surface area contributed by atoms with Gasteiger partial charge in [0.25, 0.3) is 0 Å². The van der Waals surface area contributed by atoms with Gasteiger partial charge < -0.3 is 10.2 Å². The zero-order valence-corrected chi connectivity index (χ0v) is 6.90. The second-order valence-corrected chi connectivity index (χ2v) is 3.44. The first-order valence-electron chi connectivity index (χ1n) is 4.06. The van der Waals surface area contributed by atoms with Gasteiger partial charge in [-0.1, -0.05) is 0 Å². The highest BCUT2D eigenvalue weighted by atomic mass is 16.4. The molecule has 1 saturated carbocycles. The lowest BCUT2D eigenvalue weighted by Gasteiger charge is -2.40. The molecule has 1 fully saturated rings. The lowest BCUT2D eigenvalue weighted by molar-refractivity contribution is -0.152. The number of hydrogen-bond donors (Lipinski definition) is 3. The van der Waals surface area contributed by atoms with Crippen molar-refractivity contribution in [2.45, 2.75) is 24.4 Å². The summed E-state index contributed by atoms with van der Waals surface area (Å²) in [7, 11) is 0. The Labute approximate surface area is 74.4 Å². The van der Waals surface area contributed by atoms with Crippen molar-refractivity contribution < 1.29 is 15.0 Å². The van der Waals surface area contributed by atoms with Crippen molar-refractivity contribution in [2.75, 3.05) is 0 Å². The van der Waals surface area contributed by atoms with E-state index in [0.29, 0.717) is 5.56 Å². The largest absolute Gasteiger partial charge is 0.481 e. The number of aliphatic hydroxyl groups is 1. The Morgan fingerprint density at radius 3 is 2.77 bits per heavy atom. The Kier molecular flexibility index (Phi) is 1.63. The van der Waals surface area contributed by atoms with Crippen LogP contribution in [0.15, 0.2) is 12.4 Å². The number of nitrogens with zero attached hydrogens (tertiary/aromatic N) is 1. The van der Waals surface area contributed by atoms with Gasteiger partial charge in [-0.25, -0.2) is 0 Å². The molecule has 1 aromatic rings. The van der Waals surface area contributed by atoms with E-state index < -0.39 is 17.5 Å². The first-order chi connectivity index (χ1) is 6.15. The molecule has 0 spiro atoms. The summed E-state index contributed by atoms with van der Waals surface area (Å²) in [6.45, 7) is 0. The molecule has 0 bridgehead atoms. The minimum atomic E-state index is -0.910. The number of carboxylic acid groups (broad SMARTS) is 1. The van der Waals surface area contributed by atoms with Crippen LogP contribution in [-0.4, -0.2) is 32.5 Å². The molecule has 0 amide bonds. The summed E-state index contributed by atoms with van der Waals surface area (Å²) in [6, 6.07) is 0. The normalized spacial score (nSPS) is 32.5. The van der Waals surface area contributed by atoms with Gasteiger partial charge in [0.15, 0.2) is 0 Å². The van der Waals surface area contributed by atoms with Crippen molar-refractivity contribution in [2.24, 2.45) is 0 Å². The summed E-state index contributed by atoms with van der Waals surface area (Å²) < 4.78 is 0. The maximum atomic E-state index is 11.0. The standard InChI is InChI=1S/C8H10N2O3/c11-6-1-8(2-6,7(12)13)5-3-9-10-4-5/h3-4,6,11H,1-2H2,(H,9,10)(H,12,13). The van der Waals surface area contributed by atoms with Crippen molar-refractivity contribution in [3.05, 3.63) is 18.0 Å². The van der Waals surface area contributed by atoms with E-state index in [0.717, 1.165) is 0 Å². The number of carbonyl (C=O) groups is 1. The van der Waals surface area contributed by atoms with Crippen LogP contribution in [-0.2, 0) is 10.2 Å². The lowest BCUT2D eigenvalue weighted by Crippen LogP contribution is -2.50. The number of aromatic nitrogens is 2. The number of aromatic amines is 1. The summed E-state index contributed by atoms with van der Waals surface area (Å²) in [5.41, 5.74) is -0.267. The van der Waals surface area contributed by atoms with Crippen molar-refractivity contribution in [3.63, 3.8) is 0 Å². The molecule has 0 saturated heterocycles. The number of nitrogens with one attached hydrogen (secondary N) is 1. The maximum Gasteiger partial charge on any atom is 0.314 e. The molecule has 0 atom stereocenters. The van der Waals surface area contributed by atoms with Gasteiger partial charge in [-0.15, -0.1) is 0 Å². The molecule has 13 heavy (non-hydrogen) atoms. The number of hydrogen-bond acceptors (Lipinski definition) is 3. The van der Waals surface area contributed by atoms with Crippen molar-refractivity contribution in [3.8, 4) is 0 Å². The summed E-state index contributed by atoms with van der Waals surface area (Å²) in [5.74, 6) is -0.890. The van der Waals surface area contributed by atoms with Crippen LogP contribution in [0, 0.1) is 0 Å². The van der Waals surface area contributed by atoms with Gasteiger partial charge in [0.05, 0.1) is 12.3 Å². The molecule has 0 radical (unpaired) electrons. The first-order valence-corrected chi connectivity index (χ1v) is 4.06. The second kappa shape index (κ2) is 2.56. The van der Waals surface area contributed by atoms with Gasteiger partial charge in [0.2, 0.25) is 0 Å². The Bertz CT molecular complexity index is 314. The Hall–Kier alpha value is -1.36. The van der Waals surface area contributed by atoms with Crippen LogP contribution in [0.1, 0.15) is 18.4 Å². The predicted octanol–water partition coefficient (Wildman–Crippen LogP) is -0.113. The molecular weight excluding hydrogens is 172 g/mol. The van der Waals surface area contributed by atoms with E-state index >= 15 is 0 Å². The third kappa shape index (κ3) is 1.04. The van der Waals surface area contributed by atoms with E-state index in [1.807, 2.05) is 0 Å². The van der Waals surface area contributed by atoms with E-state index in [1.165, 1.54) is 6.20 Å².